The lowest BCUT2D eigenvalue weighted by molar-refractivity contribution is -0.126. The number of anilines is 1. The average molecular weight is 283 g/mol. The topological polar surface area (TPSA) is 38.0 Å². The second-order valence-corrected chi connectivity index (χ2v) is 4.33. The molecule has 1 heterocycles. The number of benzene rings is 1. The molecular weight excluding hydrogens is 267 g/mol. The van der Waals surface area contributed by atoms with E-state index in [0.29, 0.717) is 12.1 Å². The zero-order chi connectivity index (χ0) is 16.9. The summed E-state index contributed by atoms with van der Waals surface area (Å²) in [7, 11) is 0. The summed E-state index contributed by atoms with van der Waals surface area (Å²) < 4.78 is 92.5. The molecule has 0 unspecified atom stereocenters. The van der Waals surface area contributed by atoms with E-state index in [-0.39, 0.29) is 5.31 Å². The van der Waals surface area contributed by atoms with Crippen molar-refractivity contribution in [2.24, 2.45) is 0 Å². The predicted molar refractivity (Wildman–Crippen MR) is 60.6 cm³/mol. The number of nitrogens with two attached hydrogens (primary N) is 1. The molecule has 1 aliphatic rings. The van der Waals surface area contributed by atoms with Gasteiger partial charge in [0.25, 0.3) is 5.92 Å². The van der Waals surface area contributed by atoms with Gasteiger partial charge in [-0.1, -0.05) is 0 Å². The molecule has 2 rings (SSSR count). The Balaban J connectivity index is 2.79. The number of nitrogens with one attached hydrogen (secondary N) is 1. The fourth-order valence-electron chi connectivity index (χ4n) is 2.06. The van der Waals surface area contributed by atoms with Crippen molar-refractivity contribution in [1.82, 2.24) is 5.31 Å². The van der Waals surface area contributed by atoms with Gasteiger partial charge in [0.15, 0.2) is 11.6 Å². The summed E-state index contributed by atoms with van der Waals surface area (Å²) in [6, 6.07) is 1.14. The van der Waals surface area contributed by atoms with Gasteiger partial charge in [-0.25, -0.2) is 22.0 Å². The highest BCUT2D eigenvalue weighted by molar-refractivity contribution is 5.46. The summed E-state index contributed by atoms with van der Waals surface area (Å²) in [5.41, 5.74) is 0.403. The number of nitrogen functional groups attached to an aromatic ring is 1. The number of alkyl halides is 3. The molecule has 0 amide bonds. The Labute approximate surface area is 111 Å². The lowest BCUT2D eigenvalue weighted by atomic mass is 9.79. The van der Waals surface area contributed by atoms with Crippen molar-refractivity contribution in [2.45, 2.75) is 24.3 Å². The van der Waals surface area contributed by atoms with E-state index in [1.165, 1.54) is 0 Å². The van der Waals surface area contributed by atoms with Gasteiger partial charge in [0, 0.05) is 20.4 Å². The van der Waals surface area contributed by atoms with Crippen LogP contribution in [0.3, 0.4) is 0 Å². The highest BCUT2D eigenvalue weighted by atomic mass is 19.3. The maximum absolute atomic E-state index is 14.3. The molecular formula is C12H13F5N2. The number of piperidine rings is 1. The molecule has 1 aromatic rings. The smallest absolute Gasteiger partial charge is 0.272 e. The maximum atomic E-state index is 14.3. The summed E-state index contributed by atoms with van der Waals surface area (Å²) in [6.45, 7) is -4.62. The van der Waals surface area contributed by atoms with Gasteiger partial charge in [0.05, 0.1) is 0 Å². The van der Waals surface area contributed by atoms with Crippen molar-refractivity contribution in [1.29, 1.82) is 0 Å². The molecule has 0 saturated carbocycles. The average Bonchev–Trinajstić information content (AvgIpc) is 2.41. The lowest BCUT2D eigenvalue weighted by Gasteiger charge is -2.43. The van der Waals surface area contributed by atoms with Crippen molar-refractivity contribution in [2.75, 3.05) is 18.9 Å². The third-order valence-corrected chi connectivity index (χ3v) is 3.12. The molecule has 1 atom stereocenters. The lowest BCUT2D eigenvalue weighted by Crippen LogP contribution is -2.61. The van der Waals surface area contributed by atoms with Crippen LogP contribution in [0.1, 0.15) is 21.1 Å². The first-order valence-corrected chi connectivity index (χ1v) is 5.47. The van der Waals surface area contributed by atoms with E-state index in [9.17, 15) is 22.0 Å². The minimum absolute atomic E-state index is 0.319. The van der Waals surface area contributed by atoms with Gasteiger partial charge in [-0.2, -0.15) is 0 Å². The van der Waals surface area contributed by atoms with Crippen LogP contribution in [0.5, 0.6) is 0 Å². The molecule has 0 aromatic heterocycles. The van der Waals surface area contributed by atoms with Crippen LogP contribution in [0.15, 0.2) is 12.1 Å². The third-order valence-electron chi connectivity index (χ3n) is 3.12. The molecule has 19 heavy (non-hydrogen) atoms. The minimum atomic E-state index is -3.99. The predicted octanol–water partition coefficient (Wildman–Crippen LogP) is 2.73. The SMILES string of the molecule is [2H]N1C([2H])([2H])CCC(F)(F)[C@@]1(CF)c1cc(N)cc(F)c1F. The number of rotatable bonds is 2. The largest absolute Gasteiger partial charge is 0.399 e. The van der Waals surface area contributed by atoms with E-state index in [2.05, 4.69) is 0 Å². The molecule has 7 heteroatoms. The van der Waals surface area contributed by atoms with E-state index >= 15 is 0 Å². The standard InChI is InChI=1S/C12H13F5N2/c13-6-11(12(16,17)2-1-3-19-11)8-4-7(18)5-9(14)10(8)15/h4-5,19H,1-3,6,18H2/t11-/m1/s1/i3D2/hD. The van der Waals surface area contributed by atoms with Crippen LogP contribution < -0.4 is 11.0 Å². The fraction of sp³-hybridized carbons (Fsp3) is 0.500. The molecule has 1 aromatic carbocycles. The molecule has 1 fully saturated rings. The molecule has 0 aliphatic carbocycles. The summed E-state index contributed by atoms with van der Waals surface area (Å²) >= 11 is 0. The zero-order valence-electron chi connectivity index (χ0n) is 12.7. The Bertz CT molecular complexity index is 598. The Hall–Kier alpha value is -1.37. The summed E-state index contributed by atoms with van der Waals surface area (Å²) in [6.07, 6.45) is -1.87. The van der Waals surface area contributed by atoms with Crippen LogP contribution in [0.4, 0.5) is 27.6 Å². The maximum Gasteiger partial charge on any atom is 0.272 e. The van der Waals surface area contributed by atoms with Crippen LogP contribution in [-0.4, -0.2) is 19.1 Å². The van der Waals surface area contributed by atoms with Gasteiger partial charge in [-0.3, -0.25) is 0 Å². The first-order valence-electron chi connectivity index (χ1n) is 6.92. The first kappa shape index (κ1) is 10.4. The highest BCUT2D eigenvalue weighted by Gasteiger charge is 2.57. The first-order chi connectivity index (χ1) is 9.99. The molecule has 0 spiro atoms. The Morgan fingerprint density at radius 3 is 2.74 bits per heavy atom. The summed E-state index contributed by atoms with van der Waals surface area (Å²) in [4.78, 5) is 0. The van der Waals surface area contributed by atoms with Gasteiger partial charge in [-0.05, 0) is 25.1 Å². The quantitative estimate of drug-likeness (QED) is 0.647. The second kappa shape index (κ2) is 4.63. The number of hydrogen-bond acceptors (Lipinski definition) is 2. The molecule has 3 N–H and O–H groups in total. The zero-order valence-corrected chi connectivity index (χ0v) is 9.69. The minimum Gasteiger partial charge on any atom is -0.399 e. The number of hydrogen-bond donors (Lipinski definition) is 2. The Morgan fingerprint density at radius 2 is 2.11 bits per heavy atom. The third kappa shape index (κ3) is 2.05. The molecule has 1 aliphatic heterocycles. The van der Waals surface area contributed by atoms with Crippen LogP contribution in [0.25, 0.3) is 0 Å². The van der Waals surface area contributed by atoms with E-state index in [1.807, 2.05) is 0 Å². The van der Waals surface area contributed by atoms with Crippen LogP contribution in [0, 0.1) is 11.6 Å². The summed E-state index contributed by atoms with van der Waals surface area (Å²) in [5.74, 6) is -7.34. The van der Waals surface area contributed by atoms with E-state index in [4.69, 9.17) is 9.89 Å². The van der Waals surface area contributed by atoms with E-state index < -0.39 is 60.4 Å². The van der Waals surface area contributed by atoms with Gasteiger partial charge >= 0.3 is 0 Å². The fourth-order valence-corrected chi connectivity index (χ4v) is 2.06. The van der Waals surface area contributed by atoms with Gasteiger partial charge in [-0.15, -0.1) is 0 Å². The summed E-state index contributed by atoms with van der Waals surface area (Å²) in [5, 5.41) is -0.319. The van der Waals surface area contributed by atoms with E-state index in [0.717, 1.165) is 0 Å². The monoisotopic (exact) mass is 283 g/mol. The van der Waals surface area contributed by atoms with Gasteiger partial charge < -0.3 is 11.0 Å². The molecule has 106 valence electrons. The highest BCUT2D eigenvalue weighted by Crippen LogP contribution is 2.45. The van der Waals surface area contributed by atoms with Crippen LogP contribution in [-0.2, 0) is 5.54 Å². The number of halogens is 5. The van der Waals surface area contributed by atoms with Crippen molar-refractivity contribution < 1.29 is 26.1 Å². The van der Waals surface area contributed by atoms with Crippen molar-refractivity contribution in [3.63, 3.8) is 0 Å². The van der Waals surface area contributed by atoms with E-state index in [1.54, 1.807) is 0 Å². The molecule has 1 saturated heterocycles. The van der Waals surface area contributed by atoms with Crippen molar-refractivity contribution >= 4 is 5.69 Å². The Morgan fingerprint density at radius 1 is 1.42 bits per heavy atom. The second-order valence-electron chi connectivity index (χ2n) is 4.33. The normalized spacial score (nSPS) is 32.4. The van der Waals surface area contributed by atoms with Crippen LogP contribution in [0.2, 0.25) is 1.41 Å². The van der Waals surface area contributed by atoms with Crippen molar-refractivity contribution in [3.05, 3.63) is 29.3 Å². The molecule has 2 nitrogen and oxygen atoms in total. The molecule has 0 radical (unpaired) electrons. The Kier molecular flexibility index (Phi) is 2.54. The van der Waals surface area contributed by atoms with Crippen LogP contribution >= 0.6 is 0 Å². The van der Waals surface area contributed by atoms with Gasteiger partial charge in [0.2, 0.25) is 0 Å². The molecule has 0 bridgehead atoms. The van der Waals surface area contributed by atoms with Crippen molar-refractivity contribution in [3.8, 4) is 0 Å². The van der Waals surface area contributed by atoms with Gasteiger partial charge in [0.1, 0.15) is 13.6 Å².